The molecule has 1 heterocycles. The van der Waals surface area contributed by atoms with E-state index in [-0.39, 0.29) is 17.6 Å². The van der Waals surface area contributed by atoms with Crippen molar-refractivity contribution in [2.45, 2.75) is 24.7 Å². The maximum absolute atomic E-state index is 12.6. The number of anilines is 1. The standard InChI is InChI=1S/C23H23Cl2N5O3S/c1-4-9-30-21(14(2)26-22(32)15-5-7-19(33-3)8-6-15)28-29-23(30)34-13-20(31)27-18-11-16(24)10-17(25)12-18/h4-8,10-12,14H,1,9,13H2,2-3H3,(H,26,32)(H,27,31)/t14-/m0/s1. The van der Waals surface area contributed by atoms with E-state index >= 15 is 0 Å². The monoisotopic (exact) mass is 519 g/mol. The van der Waals surface area contributed by atoms with E-state index in [1.54, 1.807) is 60.2 Å². The number of halogens is 2. The zero-order valence-electron chi connectivity index (χ0n) is 18.5. The predicted molar refractivity (Wildman–Crippen MR) is 135 cm³/mol. The van der Waals surface area contributed by atoms with Crippen molar-refractivity contribution in [2.24, 2.45) is 0 Å². The maximum atomic E-state index is 12.6. The van der Waals surface area contributed by atoms with E-state index < -0.39 is 6.04 Å². The van der Waals surface area contributed by atoms with Crippen molar-refractivity contribution in [1.29, 1.82) is 0 Å². The summed E-state index contributed by atoms with van der Waals surface area (Å²) in [6, 6.07) is 11.2. The molecule has 11 heteroatoms. The van der Waals surface area contributed by atoms with Crippen LogP contribution >= 0.6 is 35.0 Å². The SMILES string of the molecule is C=CCn1c(SCC(=O)Nc2cc(Cl)cc(Cl)c2)nnc1[C@H](C)NC(=O)c1ccc(OC)cc1. The summed E-state index contributed by atoms with van der Waals surface area (Å²) in [6.45, 7) is 6.01. The molecule has 0 saturated carbocycles. The molecule has 0 saturated heterocycles. The van der Waals surface area contributed by atoms with E-state index in [0.717, 1.165) is 0 Å². The third-order valence-electron chi connectivity index (χ3n) is 4.62. The molecular weight excluding hydrogens is 497 g/mol. The number of ether oxygens (including phenoxy) is 1. The highest BCUT2D eigenvalue weighted by Gasteiger charge is 2.20. The van der Waals surface area contributed by atoms with Crippen LogP contribution in [0.3, 0.4) is 0 Å². The first-order valence-electron chi connectivity index (χ1n) is 10.2. The van der Waals surface area contributed by atoms with Crippen LogP contribution in [0.1, 0.15) is 29.1 Å². The molecule has 3 rings (SSSR count). The molecule has 2 aromatic carbocycles. The zero-order chi connectivity index (χ0) is 24.7. The lowest BCUT2D eigenvalue weighted by atomic mass is 10.2. The lowest BCUT2D eigenvalue weighted by Crippen LogP contribution is -2.28. The Bertz CT molecular complexity index is 1160. The van der Waals surface area contributed by atoms with Gasteiger partial charge >= 0.3 is 0 Å². The number of hydrogen-bond acceptors (Lipinski definition) is 6. The molecule has 3 aromatic rings. The van der Waals surface area contributed by atoms with Gasteiger partial charge in [-0.1, -0.05) is 41.0 Å². The summed E-state index contributed by atoms with van der Waals surface area (Å²) in [7, 11) is 1.57. The van der Waals surface area contributed by atoms with Crippen LogP contribution in [0.15, 0.2) is 60.3 Å². The molecule has 0 spiro atoms. The lowest BCUT2D eigenvalue weighted by molar-refractivity contribution is -0.113. The van der Waals surface area contributed by atoms with E-state index in [4.69, 9.17) is 27.9 Å². The molecule has 0 aliphatic heterocycles. The van der Waals surface area contributed by atoms with Crippen LogP contribution < -0.4 is 15.4 Å². The molecular formula is C23H23Cl2N5O3S. The van der Waals surface area contributed by atoms with Crippen molar-refractivity contribution >= 4 is 52.5 Å². The molecule has 178 valence electrons. The van der Waals surface area contributed by atoms with Crippen molar-refractivity contribution < 1.29 is 14.3 Å². The number of aromatic nitrogens is 3. The van der Waals surface area contributed by atoms with Crippen LogP contribution in [-0.2, 0) is 11.3 Å². The summed E-state index contributed by atoms with van der Waals surface area (Å²) in [5.41, 5.74) is 1.00. The summed E-state index contributed by atoms with van der Waals surface area (Å²) in [6.07, 6.45) is 1.70. The van der Waals surface area contributed by atoms with Crippen LogP contribution in [0.25, 0.3) is 0 Å². The van der Waals surface area contributed by atoms with Crippen molar-refractivity contribution in [2.75, 3.05) is 18.2 Å². The zero-order valence-corrected chi connectivity index (χ0v) is 20.9. The van der Waals surface area contributed by atoms with Gasteiger partial charge in [-0.05, 0) is 49.4 Å². The number of benzene rings is 2. The highest BCUT2D eigenvalue weighted by molar-refractivity contribution is 7.99. The summed E-state index contributed by atoms with van der Waals surface area (Å²) >= 11 is 13.2. The Morgan fingerprint density at radius 3 is 2.47 bits per heavy atom. The quantitative estimate of drug-likeness (QED) is 0.288. The minimum absolute atomic E-state index is 0.0893. The van der Waals surface area contributed by atoms with Gasteiger partial charge < -0.3 is 19.9 Å². The topological polar surface area (TPSA) is 98.1 Å². The van der Waals surface area contributed by atoms with Crippen LogP contribution in [0.2, 0.25) is 10.0 Å². The number of carbonyl (C=O) groups is 2. The molecule has 0 aliphatic rings. The van der Waals surface area contributed by atoms with Gasteiger partial charge in [0.25, 0.3) is 5.91 Å². The fourth-order valence-corrected chi connectivity index (χ4v) is 4.35. The average Bonchev–Trinajstić information content (AvgIpc) is 3.20. The Labute approximate surface area is 211 Å². The van der Waals surface area contributed by atoms with Gasteiger partial charge in [-0.25, -0.2) is 0 Å². The molecule has 8 nitrogen and oxygen atoms in total. The molecule has 2 N–H and O–H groups in total. The van der Waals surface area contributed by atoms with Gasteiger partial charge in [-0.2, -0.15) is 0 Å². The van der Waals surface area contributed by atoms with Gasteiger partial charge in [-0.3, -0.25) is 9.59 Å². The predicted octanol–water partition coefficient (Wildman–Crippen LogP) is 5.00. The Morgan fingerprint density at radius 2 is 1.85 bits per heavy atom. The first kappa shape index (κ1) is 25.6. The smallest absolute Gasteiger partial charge is 0.251 e. The molecule has 2 amide bonds. The van der Waals surface area contributed by atoms with E-state index in [9.17, 15) is 9.59 Å². The second-order valence-electron chi connectivity index (χ2n) is 7.16. The summed E-state index contributed by atoms with van der Waals surface area (Å²) in [5.74, 6) is 0.799. The number of carbonyl (C=O) groups excluding carboxylic acids is 2. The van der Waals surface area contributed by atoms with Gasteiger partial charge in [0.15, 0.2) is 11.0 Å². The molecule has 0 radical (unpaired) electrons. The van der Waals surface area contributed by atoms with Crippen molar-refractivity contribution in [1.82, 2.24) is 20.1 Å². The summed E-state index contributed by atoms with van der Waals surface area (Å²) in [5, 5.41) is 15.5. The number of thioether (sulfide) groups is 1. The highest BCUT2D eigenvalue weighted by Crippen LogP contribution is 2.24. The summed E-state index contributed by atoms with van der Waals surface area (Å²) in [4.78, 5) is 25.0. The molecule has 1 atom stereocenters. The Hall–Kier alpha value is -3.01. The number of amides is 2. The van der Waals surface area contributed by atoms with Crippen molar-refractivity contribution in [3.8, 4) is 5.75 Å². The normalized spacial score (nSPS) is 11.5. The molecule has 0 fully saturated rings. The van der Waals surface area contributed by atoms with E-state index in [2.05, 4.69) is 27.4 Å². The third-order valence-corrected chi connectivity index (χ3v) is 6.03. The van der Waals surface area contributed by atoms with Gasteiger partial charge in [-0.15, -0.1) is 16.8 Å². The van der Waals surface area contributed by atoms with Crippen molar-refractivity contribution in [3.63, 3.8) is 0 Å². The fraction of sp³-hybridized carbons (Fsp3) is 0.217. The number of allylic oxidation sites excluding steroid dienone is 1. The van der Waals surface area contributed by atoms with Crippen LogP contribution in [0.5, 0.6) is 5.75 Å². The van der Waals surface area contributed by atoms with Crippen LogP contribution in [0.4, 0.5) is 5.69 Å². The minimum Gasteiger partial charge on any atom is -0.497 e. The number of nitrogens with zero attached hydrogens (tertiary/aromatic N) is 3. The van der Waals surface area contributed by atoms with Gasteiger partial charge in [0.2, 0.25) is 5.91 Å². The number of hydrogen-bond donors (Lipinski definition) is 2. The first-order valence-corrected chi connectivity index (χ1v) is 11.9. The molecule has 0 aliphatic carbocycles. The number of rotatable bonds is 10. The number of nitrogens with one attached hydrogen (secondary N) is 2. The lowest BCUT2D eigenvalue weighted by Gasteiger charge is -2.15. The average molecular weight is 520 g/mol. The molecule has 34 heavy (non-hydrogen) atoms. The molecule has 0 bridgehead atoms. The fourth-order valence-electron chi connectivity index (χ4n) is 3.07. The van der Waals surface area contributed by atoms with E-state index in [1.807, 2.05) is 6.92 Å². The first-order chi connectivity index (χ1) is 16.3. The third kappa shape index (κ3) is 6.75. The van der Waals surface area contributed by atoms with Gasteiger partial charge in [0, 0.05) is 27.8 Å². The van der Waals surface area contributed by atoms with E-state index in [1.165, 1.54) is 11.8 Å². The van der Waals surface area contributed by atoms with Gasteiger partial charge in [0.1, 0.15) is 5.75 Å². The molecule has 1 aromatic heterocycles. The van der Waals surface area contributed by atoms with Crippen LogP contribution in [-0.4, -0.2) is 39.4 Å². The van der Waals surface area contributed by atoms with Crippen molar-refractivity contribution in [3.05, 3.63) is 76.6 Å². The maximum Gasteiger partial charge on any atom is 0.251 e. The Kier molecular flexibility index (Phi) is 8.98. The largest absolute Gasteiger partial charge is 0.497 e. The summed E-state index contributed by atoms with van der Waals surface area (Å²) < 4.78 is 6.93. The van der Waals surface area contributed by atoms with E-state index in [0.29, 0.717) is 44.6 Å². The Balaban J connectivity index is 1.66. The molecule has 0 unspecified atom stereocenters. The highest BCUT2D eigenvalue weighted by atomic mass is 35.5. The second kappa shape index (κ2) is 11.9. The second-order valence-corrected chi connectivity index (χ2v) is 8.97. The van der Waals surface area contributed by atoms with Crippen LogP contribution in [0, 0.1) is 0 Å². The number of methoxy groups -OCH3 is 1. The Morgan fingerprint density at radius 1 is 1.18 bits per heavy atom. The minimum atomic E-state index is -0.432. The van der Waals surface area contributed by atoms with Gasteiger partial charge in [0.05, 0.1) is 18.9 Å².